The molecule has 150 valence electrons. The van der Waals surface area contributed by atoms with E-state index in [2.05, 4.69) is 25.7 Å². The Bertz CT molecular complexity index is 941. The lowest BCUT2D eigenvalue weighted by Gasteiger charge is -2.13. The van der Waals surface area contributed by atoms with E-state index >= 15 is 0 Å². The molecule has 0 spiro atoms. The Balaban J connectivity index is 1.99. The lowest BCUT2D eigenvalue weighted by atomic mass is 10.0. The van der Waals surface area contributed by atoms with Crippen LogP contribution in [-0.2, 0) is 9.59 Å². The lowest BCUT2D eigenvalue weighted by Crippen LogP contribution is -2.32. The largest absolute Gasteiger partial charge is 0.494 e. The third-order valence-corrected chi connectivity index (χ3v) is 4.78. The molecule has 0 radical (unpaired) electrons. The van der Waals surface area contributed by atoms with Crippen LogP contribution < -0.4 is 10.1 Å². The van der Waals surface area contributed by atoms with Gasteiger partial charge in [-0.1, -0.05) is 44.2 Å². The number of carbonyl (C=O) groups is 2. The molecule has 0 atom stereocenters. The van der Waals surface area contributed by atoms with Crippen molar-refractivity contribution in [1.29, 1.82) is 0 Å². The van der Waals surface area contributed by atoms with Crippen LogP contribution in [-0.4, -0.2) is 29.9 Å². The van der Waals surface area contributed by atoms with Gasteiger partial charge in [0.05, 0.1) is 12.2 Å². The van der Waals surface area contributed by atoms with E-state index in [4.69, 9.17) is 4.74 Å². The second-order valence-electron chi connectivity index (χ2n) is 7.12. The van der Waals surface area contributed by atoms with Gasteiger partial charge in [0.2, 0.25) is 0 Å². The molecule has 2 amide bonds. The minimum atomic E-state index is -0.355. The van der Waals surface area contributed by atoms with Crippen molar-refractivity contribution in [3.63, 3.8) is 0 Å². The average Bonchev–Trinajstić information content (AvgIpc) is 2.94. The van der Waals surface area contributed by atoms with E-state index in [1.165, 1.54) is 10.5 Å². The van der Waals surface area contributed by atoms with Crippen LogP contribution in [0.25, 0.3) is 5.57 Å². The summed E-state index contributed by atoms with van der Waals surface area (Å²) in [7, 11) is 0. The van der Waals surface area contributed by atoms with Crippen LogP contribution in [0.3, 0.4) is 0 Å². The van der Waals surface area contributed by atoms with Gasteiger partial charge in [-0.05, 0) is 48.2 Å². The highest BCUT2D eigenvalue weighted by molar-refractivity contribution is 6.36. The number of ether oxygens (including phenoxy) is 1. The van der Waals surface area contributed by atoms with E-state index in [0.29, 0.717) is 23.7 Å². The Hall–Kier alpha value is -3.34. The molecule has 2 aromatic carbocycles. The molecule has 1 aliphatic heterocycles. The number of amides is 2. The molecule has 5 nitrogen and oxygen atoms in total. The van der Waals surface area contributed by atoms with Crippen molar-refractivity contribution in [1.82, 2.24) is 4.90 Å². The lowest BCUT2D eigenvalue weighted by molar-refractivity contribution is -0.136. The minimum Gasteiger partial charge on any atom is -0.494 e. The second kappa shape index (κ2) is 8.78. The summed E-state index contributed by atoms with van der Waals surface area (Å²) in [5.74, 6) is 0.447. The summed E-state index contributed by atoms with van der Waals surface area (Å²) in [6.45, 7) is 10.5. The van der Waals surface area contributed by atoms with E-state index in [-0.39, 0.29) is 24.1 Å². The molecule has 5 heteroatoms. The van der Waals surface area contributed by atoms with Crippen molar-refractivity contribution < 1.29 is 14.3 Å². The fourth-order valence-corrected chi connectivity index (χ4v) is 3.23. The van der Waals surface area contributed by atoms with Gasteiger partial charge in [0.15, 0.2) is 0 Å². The molecular weight excluding hydrogens is 364 g/mol. The Morgan fingerprint density at radius 3 is 2.24 bits per heavy atom. The number of nitrogens with zero attached hydrogens (tertiary/aromatic N) is 1. The Morgan fingerprint density at radius 2 is 1.69 bits per heavy atom. The smallest absolute Gasteiger partial charge is 0.278 e. The third kappa shape index (κ3) is 4.24. The van der Waals surface area contributed by atoms with E-state index in [1.54, 1.807) is 30.3 Å². The van der Waals surface area contributed by atoms with Crippen LogP contribution in [0.1, 0.15) is 37.8 Å². The van der Waals surface area contributed by atoms with Crippen LogP contribution in [0.5, 0.6) is 5.75 Å². The summed E-state index contributed by atoms with van der Waals surface area (Å²) < 4.78 is 5.48. The number of imide groups is 1. The zero-order chi connectivity index (χ0) is 21.0. The summed E-state index contributed by atoms with van der Waals surface area (Å²) in [4.78, 5) is 27.1. The van der Waals surface area contributed by atoms with Gasteiger partial charge in [-0.25, -0.2) is 0 Å². The number of rotatable bonds is 8. The standard InChI is InChI=1S/C24H26N2O3/c1-5-15-26-23(27)21(18-9-13-20(14-10-18)29-6-2)22(24(26)28)25-19-11-7-17(8-12-19)16(3)4/h5,7-14,16,25H,1,6,15H2,2-4H3. The zero-order valence-electron chi connectivity index (χ0n) is 17.1. The van der Waals surface area contributed by atoms with Gasteiger partial charge < -0.3 is 10.1 Å². The van der Waals surface area contributed by atoms with Crippen LogP contribution in [0, 0.1) is 0 Å². The first kappa shape index (κ1) is 20.4. The van der Waals surface area contributed by atoms with Crippen LogP contribution in [0.4, 0.5) is 5.69 Å². The molecule has 0 saturated carbocycles. The molecule has 0 unspecified atom stereocenters. The molecular formula is C24H26N2O3. The van der Waals surface area contributed by atoms with Gasteiger partial charge in [0.25, 0.3) is 11.8 Å². The second-order valence-corrected chi connectivity index (χ2v) is 7.12. The number of anilines is 1. The number of nitrogens with one attached hydrogen (secondary N) is 1. The molecule has 0 fully saturated rings. The van der Waals surface area contributed by atoms with E-state index in [1.807, 2.05) is 31.2 Å². The maximum absolute atomic E-state index is 13.0. The number of hydrogen-bond donors (Lipinski definition) is 1. The molecule has 0 aromatic heterocycles. The molecule has 0 bridgehead atoms. The first-order chi connectivity index (χ1) is 14.0. The van der Waals surface area contributed by atoms with Gasteiger partial charge in [0.1, 0.15) is 11.4 Å². The Labute approximate surface area is 171 Å². The predicted molar refractivity (Wildman–Crippen MR) is 116 cm³/mol. The first-order valence-electron chi connectivity index (χ1n) is 9.77. The van der Waals surface area contributed by atoms with E-state index < -0.39 is 0 Å². The van der Waals surface area contributed by atoms with Crippen LogP contribution in [0.2, 0.25) is 0 Å². The van der Waals surface area contributed by atoms with E-state index in [0.717, 1.165) is 11.4 Å². The van der Waals surface area contributed by atoms with Gasteiger partial charge in [-0.2, -0.15) is 0 Å². The molecule has 0 saturated heterocycles. The molecule has 3 rings (SSSR count). The fraction of sp³-hybridized carbons (Fsp3) is 0.250. The maximum Gasteiger partial charge on any atom is 0.278 e. The molecule has 0 aliphatic carbocycles. The molecule has 29 heavy (non-hydrogen) atoms. The highest BCUT2D eigenvalue weighted by Gasteiger charge is 2.38. The van der Waals surface area contributed by atoms with Crippen molar-refractivity contribution in [3.8, 4) is 5.75 Å². The van der Waals surface area contributed by atoms with Crippen molar-refractivity contribution in [2.45, 2.75) is 26.7 Å². The topological polar surface area (TPSA) is 58.6 Å². The molecule has 1 aliphatic rings. The van der Waals surface area contributed by atoms with Crippen molar-refractivity contribution in [2.24, 2.45) is 0 Å². The van der Waals surface area contributed by atoms with Gasteiger partial charge in [-0.3, -0.25) is 14.5 Å². The monoisotopic (exact) mass is 390 g/mol. The predicted octanol–water partition coefficient (Wildman–Crippen LogP) is 4.59. The molecule has 1 N–H and O–H groups in total. The summed E-state index contributed by atoms with van der Waals surface area (Å²) in [6.07, 6.45) is 1.55. The average molecular weight is 390 g/mol. The SMILES string of the molecule is C=CCN1C(=O)C(Nc2ccc(C(C)C)cc2)=C(c2ccc(OCC)cc2)C1=O. The van der Waals surface area contributed by atoms with Crippen molar-refractivity contribution in [2.75, 3.05) is 18.5 Å². The molecule has 1 heterocycles. The normalized spacial score (nSPS) is 14.0. The number of hydrogen-bond acceptors (Lipinski definition) is 4. The van der Waals surface area contributed by atoms with Gasteiger partial charge in [-0.15, -0.1) is 6.58 Å². The quantitative estimate of drug-likeness (QED) is 0.529. The fourth-order valence-electron chi connectivity index (χ4n) is 3.23. The van der Waals surface area contributed by atoms with Crippen molar-refractivity contribution in [3.05, 3.63) is 78.0 Å². The maximum atomic E-state index is 13.0. The van der Waals surface area contributed by atoms with Crippen molar-refractivity contribution >= 4 is 23.1 Å². The highest BCUT2D eigenvalue weighted by atomic mass is 16.5. The number of carbonyl (C=O) groups excluding carboxylic acids is 2. The van der Waals surface area contributed by atoms with Gasteiger partial charge >= 0.3 is 0 Å². The highest BCUT2D eigenvalue weighted by Crippen LogP contribution is 2.31. The summed E-state index contributed by atoms with van der Waals surface area (Å²) in [5, 5.41) is 3.17. The molecule has 2 aromatic rings. The van der Waals surface area contributed by atoms with E-state index in [9.17, 15) is 9.59 Å². The first-order valence-corrected chi connectivity index (χ1v) is 9.77. The zero-order valence-corrected chi connectivity index (χ0v) is 17.1. The van der Waals surface area contributed by atoms with Crippen LogP contribution >= 0.6 is 0 Å². The third-order valence-electron chi connectivity index (χ3n) is 4.78. The Morgan fingerprint density at radius 1 is 1.03 bits per heavy atom. The summed E-state index contributed by atoms with van der Waals surface area (Å²) in [6, 6.07) is 15.1. The number of benzene rings is 2. The Kier molecular flexibility index (Phi) is 6.17. The summed E-state index contributed by atoms with van der Waals surface area (Å²) >= 11 is 0. The summed E-state index contributed by atoms with van der Waals surface area (Å²) in [5.41, 5.74) is 3.26. The minimum absolute atomic E-state index is 0.162. The van der Waals surface area contributed by atoms with Crippen LogP contribution in [0.15, 0.2) is 66.9 Å². The van der Waals surface area contributed by atoms with Gasteiger partial charge in [0, 0.05) is 12.2 Å².